The molecular formula is C9H12O2. The fourth-order valence-corrected chi connectivity index (χ4v) is 1.47. The maximum absolute atomic E-state index is 11.2. The van der Waals surface area contributed by atoms with Crippen LogP contribution in [-0.4, -0.2) is 12.1 Å². The SMILES string of the molecule is CCC1=C(C=O)CCCC1=O. The van der Waals surface area contributed by atoms with Crippen LogP contribution in [0.5, 0.6) is 0 Å². The molecule has 0 radical (unpaired) electrons. The van der Waals surface area contributed by atoms with Crippen molar-refractivity contribution in [1.82, 2.24) is 0 Å². The number of carbonyl (C=O) groups excluding carboxylic acids is 2. The molecule has 1 rings (SSSR count). The third-order valence-corrected chi connectivity index (χ3v) is 2.07. The lowest BCUT2D eigenvalue weighted by molar-refractivity contribution is -0.116. The molecule has 0 fully saturated rings. The fourth-order valence-electron chi connectivity index (χ4n) is 1.47. The smallest absolute Gasteiger partial charge is 0.159 e. The van der Waals surface area contributed by atoms with Crippen LogP contribution < -0.4 is 0 Å². The molecule has 0 saturated carbocycles. The van der Waals surface area contributed by atoms with Crippen LogP contribution in [-0.2, 0) is 9.59 Å². The van der Waals surface area contributed by atoms with Crippen molar-refractivity contribution in [2.45, 2.75) is 32.6 Å². The van der Waals surface area contributed by atoms with E-state index in [0.29, 0.717) is 12.8 Å². The Kier molecular flexibility index (Phi) is 2.58. The first-order chi connectivity index (χ1) is 5.29. The predicted molar refractivity (Wildman–Crippen MR) is 42.2 cm³/mol. The number of hydrogen-bond donors (Lipinski definition) is 0. The van der Waals surface area contributed by atoms with Crippen molar-refractivity contribution < 1.29 is 9.59 Å². The fraction of sp³-hybridized carbons (Fsp3) is 0.556. The summed E-state index contributed by atoms with van der Waals surface area (Å²) in [5.74, 6) is 0.167. The van der Waals surface area contributed by atoms with E-state index in [9.17, 15) is 9.59 Å². The Morgan fingerprint density at radius 3 is 2.64 bits per heavy atom. The molecule has 0 aromatic rings. The van der Waals surface area contributed by atoms with Gasteiger partial charge in [-0.1, -0.05) is 6.92 Å². The van der Waals surface area contributed by atoms with Crippen molar-refractivity contribution >= 4 is 12.1 Å². The van der Waals surface area contributed by atoms with Crippen molar-refractivity contribution in [3.05, 3.63) is 11.1 Å². The lowest BCUT2D eigenvalue weighted by Crippen LogP contribution is -2.11. The Labute approximate surface area is 66.3 Å². The van der Waals surface area contributed by atoms with Crippen LogP contribution in [0, 0.1) is 0 Å². The van der Waals surface area contributed by atoms with E-state index in [1.165, 1.54) is 0 Å². The van der Waals surface area contributed by atoms with Gasteiger partial charge in [0, 0.05) is 12.0 Å². The molecule has 11 heavy (non-hydrogen) atoms. The van der Waals surface area contributed by atoms with E-state index >= 15 is 0 Å². The average molecular weight is 152 g/mol. The van der Waals surface area contributed by atoms with Gasteiger partial charge in [-0.2, -0.15) is 0 Å². The van der Waals surface area contributed by atoms with Gasteiger partial charge in [-0.25, -0.2) is 0 Å². The molecule has 2 nitrogen and oxygen atoms in total. The molecule has 0 N–H and O–H groups in total. The highest BCUT2D eigenvalue weighted by Gasteiger charge is 2.17. The van der Waals surface area contributed by atoms with Gasteiger partial charge in [0.25, 0.3) is 0 Å². The minimum atomic E-state index is 0.167. The summed E-state index contributed by atoms with van der Waals surface area (Å²) in [6, 6.07) is 0. The van der Waals surface area contributed by atoms with Gasteiger partial charge >= 0.3 is 0 Å². The Bertz CT molecular complexity index is 214. The van der Waals surface area contributed by atoms with Crippen LogP contribution in [0.4, 0.5) is 0 Å². The van der Waals surface area contributed by atoms with Crippen molar-refractivity contribution in [2.24, 2.45) is 0 Å². The second-order valence-electron chi connectivity index (χ2n) is 2.75. The molecule has 0 aromatic carbocycles. The maximum Gasteiger partial charge on any atom is 0.159 e. The minimum Gasteiger partial charge on any atom is -0.298 e. The number of aldehydes is 1. The molecule has 0 aliphatic heterocycles. The Hall–Kier alpha value is -0.920. The molecule has 2 heteroatoms. The topological polar surface area (TPSA) is 34.1 Å². The van der Waals surface area contributed by atoms with Gasteiger partial charge in [-0.3, -0.25) is 9.59 Å². The van der Waals surface area contributed by atoms with Crippen LogP contribution in [0.1, 0.15) is 32.6 Å². The number of hydrogen-bond acceptors (Lipinski definition) is 2. The second kappa shape index (κ2) is 3.46. The molecule has 60 valence electrons. The Balaban J connectivity index is 2.94. The highest BCUT2D eigenvalue weighted by molar-refractivity contribution is 6.01. The Morgan fingerprint density at radius 2 is 2.18 bits per heavy atom. The maximum atomic E-state index is 11.2. The van der Waals surface area contributed by atoms with Crippen LogP contribution in [0.3, 0.4) is 0 Å². The van der Waals surface area contributed by atoms with Gasteiger partial charge < -0.3 is 0 Å². The summed E-state index contributed by atoms with van der Waals surface area (Å²) >= 11 is 0. The summed E-state index contributed by atoms with van der Waals surface area (Å²) in [4.78, 5) is 21.6. The first kappa shape index (κ1) is 8.18. The van der Waals surface area contributed by atoms with Crippen LogP contribution in [0.15, 0.2) is 11.1 Å². The molecule has 0 heterocycles. The molecule has 0 amide bonds. The lowest BCUT2D eigenvalue weighted by Gasteiger charge is -2.13. The first-order valence-electron chi connectivity index (χ1n) is 4.00. The van der Waals surface area contributed by atoms with E-state index < -0.39 is 0 Å². The lowest BCUT2D eigenvalue weighted by atomic mass is 9.90. The van der Waals surface area contributed by atoms with E-state index in [4.69, 9.17) is 0 Å². The van der Waals surface area contributed by atoms with Crippen molar-refractivity contribution in [3.63, 3.8) is 0 Å². The summed E-state index contributed by atoms with van der Waals surface area (Å²) in [6.45, 7) is 1.92. The van der Waals surface area contributed by atoms with Gasteiger partial charge in [0.15, 0.2) is 5.78 Å². The molecule has 0 aromatic heterocycles. The van der Waals surface area contributed by atoms with E-state index in [1.54, 1.807) is 0 Å². The second-order valence-corrected chi connectivity index (χ2v) is 2.75. The largest absolute Gasteiger partial charge is 0.298 e. The van der Waals surface area contributed by atoms with E-state index in [2.05, 4.69) is 0 Å². The van der Waals surface area contributed by atoms with Crippen molar-refractivity contribution in [1.29, 1.82) is 0 Å². The van der Waals surface area contributed by atoms with E-state index in [1.807, 2.05) is 6.92 Å². The highest BCUT2D eigenvalue weighted by atomic mass is 16.1. The molecule has 0 saturated heterocycles. The zero-order valence-corrected chi connectivity index (χ0v) is 6.72. The van der Waals surface area contributed by atoms with E-state index in [-0.39, 0.29) is 5.78 Å². The molecule has 0 spiro atoms. The summed E-state index contributed by atoms with van der Waals surface area (Å²) in [5.41, 5.74) is 1.48. The van der Waals surface area contributed by atoms with Gasteiger partial charge in [-0.15, -0.1) is 0 Å². The van der Waals surface area contributed by atoms with Gasteiger partial charge in [-0.05, 0) is 24.8 Å². The summed E-state index contributed by atoms with van der Waals surface area (Å²) in [6.07, 6.45) is 3.79. The van der Waals surface area contributed by atoms with Crippen LogP contribution >= 0.6 is 0 Å². The molecule has 0 bridgehead atoms. The van der Waals surface area contributed by atoms with E-state index in [0.717, 1.165) is 30.3 Å². The van der Waals surface area contributed by atoms with Gasteiger partial charge in [0.2, 0.25) is 0 Å². The monoisotopic (exact) mass is 152 g/mol. The zero-order chi connectivity index (χ0) is 8.27. The third kappa shape index (κ3) is 1.56. The number of allylic oxidation sites excluding steroid dienone is 2. The van der Waals surface area contributed by atoms with Crippen LogP contribution in [0.25, 0.3) is 0 Å². The van der Waals surface area contributed by atoms with Crippen molar-refractivity contribution in [2.75, 3.05) is 0 Å². The average Bonchev–Trinajstić information content (AvgIpc) is 2.04. The summed E-state index contributed by atoms with van der Waals surface area (Å²) in [7, 11) is 0. The first-order valence-corrected chi connectivity index (χ1v) is 4.00. The number of carbonyl (C=O) groups is 2. The number of Topliss-reactive ketones (excluding diaryl/α,β-unsaturated/α-hetero) is 1. The highest BCUT2D eigenvalue weighted by Crippen LogP contribution is 2.22. The van der Waals surface area contributed by atoms with Crippen LogP contribution in [0.2, 0.25) is 0 Å². The molecule has 0 unspecified atom stereocenters. The quantitative estimate of drug-likeness (QED) is 0.564. The molecule has 1 aliphatic rings. The molecular weight excluding hydrogens is 140 g/mol. The number of ketones is 1. The molecule has 1 aliphatic carbocycles. The number of rotatable bonds is 2. The Morgan fingerprint density at radius 1 is 1.45 bits per heavy atom. The standard InChI is InChI=1S/C9H12O2/c1-2-8-7(6-10)4-3-5-9(8)11/h6H,2-5H2,1H3. The zero-order valence-electron chi connectivity index (χ0n) is 6.72. The van der Waals surface area contributed by atoms with Gasteiger partial charge in [0.05, 0.1) is 0 Å². The summed E-state index contributed by atoms with van der Waals surface area (Å²) < 4.78 is 0. The van der Waals surface area contributed by atoms with Crippen molar-refractivity contribution in [3.8, 4) is 0 Å². The minimum absolute atomic E-state index is 0.167. The summed E-state index contributed by atoms with van der Waals surface area (Å²) in [5, 5.41) is 0. The molecule has 0 atom stereocenters. The predicted octanol–water partition coefficient (Wildman–Crippen LogP) is 1.64. The third-order valence-electron chi connectivity index (χ3n) is 2.07. The normalized spacial score (nSPS) is 18.8. The van der Waals surface area contributed by atoms with Gasteiger partial charge in [0.1, 0.15) is 6.29 Å².